The van der Waals surface area contributed by atoms with E-state index in [1.165, 1.54) is 43.6 Å². The summed E-state index contributed by atoms with van der Waals surface area (Å²) in [7, 11) is 1.51. The molecule has 0 radical (unpaired) electrons. The third-order valence-corrected chi connectivity index (χ3v) is 6.09. The number of pyridine rings is 1. The van der Waals surface area contributed by atoms with Gasteiger partial charge in [0.1, 0.15) is 17.6 Å². The SMILES string of the molecule is CNC(=O)C(N[C@H](CCc1ccc(C(F)(F)F)nc1)c1ccc2c(c1)OCCCO2)c1ccc(F)cc1. The lowest BCUT2D eigenvalue weighted by atomic mass is 9.96. The summed E-state index contributed by atoms with van der Waals surface area (Å²) in [4.78, 5) is 16.4. The molecule has 1 aliphatic heterocycles. The van der Waals surface area contributed by atoms with Gasteiger partial charge >= 0.3 is 6.18 Å². The van der Waals surface area contributed by atoms with Crippen LogP contribution in [0.25, 0.3) is 0 Å². The quantitative estimate of drug-likeness (QED) is 0.405. The smallest absolute Gasteiger partial charge is 0.433 e. The van der Waals surface area contributed by atoms with E-state index in [0.717, 1.165) is 18.1 Å². The Morgan fingerprint density at radius 2 is 1.70 bits per heavy atom. The molecule has 1 aliphatic rings. The fraction of sp³-hybridized carbons (Fsp3) is 0.333. The zero-order valence-corrected chi connectivity index (χ0v) is 20.1. The predicted octanol–water partition coefficient (Wildman–Crippen LogP) is 5.15. The van der Waals surface area contributed by atoms with Crippen LogP contribution in [0.4, 0.5) is 17.6 Å². The van der Waals surface area contributed by atoms with Gasteiger partial charge in [-0.25, -0.2) is 4.39 Å². The molecule has 0 spiro atoms. The van der Waals surface area contributed by atoms with E-state index in [9.17, 15) is 22.4 Å². The molecule has 4 rings (SSSR count). The Kier molecular flexibility index (Phi) is 8.27. The molecule has 1 amide bonds. The van der Waals surface area contributed by atoms with Crippen LogP contribution in [0.3, 0.4) is 0 Å². The monoisotopic (exact) mass is 517 g/mol. The van der Waals surface area contributed by atoms with Crippen LogP contribution in [0, 0.1) is 5.82 Å². The Balaban J connectivity index is 1.62. The van der Waals surface area contributed by atoms with Crippen molar-refractivity contribution in [3.63, 3.8) is 0 Å². The summed E-state index contributed by atoms with van der Waals surface area (Å²) < 4.78 is 63.8. The summed E-state index contributed by atoms with van der Waals surface area (Å²) in [6.07, 6.45) is -1.73. The van der Waals surface area contributed by atoms with E-state index in [2.05, 4.69) is 15.6 Å². The van der Waals surface area contributed by atoms with Crippen molar-refractivity contribution in [1.82, 2.24) is 15.6 Å². The van der Waals surface area contributed by atoms with Gasteiger partial charge in [-0.3, -0.25) is 15.1 Å². The number of benzene rings is 2. The molecular formula is C27H27F4N3O3. The maximum absolute atomic E-state index is 13.5. The van der Waals surface area contributed by atoms with E-state index in [1.807, 2.05) is 12.1 Å². The summed E-state index contributed by atoms with van der Waals surface area (Å²) in [5, 5.41) is 5.98. The highest BCUT2D eigenvalue weighted by molar-refractivity contribution is 5.83. The molecule has 0 aliphatic carbocycles. The number of aryl methyl sites for hydroxylation is 1. The first kappa shape index (κ1) is 26.4. The Hall–Kier alpha value is -3.66. The highest BCUT2D eigenvalue weighted by Crippen LogP contribution is 2.35. The van der Waals surface area contributed by atoms with Crippen molar-refractivity contribution in [3.8, 4) is 11.5 Å². The van der Waals surface area contributed by atoms with Crippen molar-refractivity contribution >= 4 is 5.91 Å². The highest BCUT2D eigenvalue weighted by atomic mass is 19.4. The number of carbonyl (C=O) groups is 1. The highest BCUT2D eigenvalue weighted by Gasteiger charge is 2.32. The lowest BCUT2D eigenvalue weighted by Gasteiger charge is -2.26. The molecule has 10 heteroatoms. The maximum Gasteiger partial charge on any atom is 0.433 e. The molecular weight excluding hydrogens is 490 g/mol. The Labute approximate surface area is 212 Å². The molecule has 196 valence electrons. The van der Waals surface area contributed by atoms with E-state index >= 15 is 0 Å². The van der Waals surface area contributed by atoms with E-state index in [0.29, 0.717) is 48.7 Å². The molecule has 2 aromatic carbocycles. The van der Waals surface area contributed by atoms with Gasteiger partial charge in [-0.05, 0) is 59.9 Å². The second-order valence-electron chi connectivity index (χ2n) is 8.66. The second-order valence-corrected chi connectivity index (χ2v) is 8.66. The number of carbonyl (C=O) groups excluding carboxylic acids is 1. The molecule has 3 aromatic rings. The first-order chi connectivity index (χ1) is 17.7. The standard InChI is InChI=1S/C27H27F4N3O3/c1-32-26(35)25(18-5-8-20(28)9-6-18)34-21(10-3-17-4-12-24(33-16-17)27(29,30)31)19-7-11-22-23(15-19)37-14-2-13-36-22/h4-9,11-12,15-16,21,25,34H,2-3,10,13-14H2,1H3,(H,32,35)/t21-,25?/m1/s1. The molecule has 0 fully saturated rings. The van der Waals surface area contributed by atoms with Gasteiger partial charge in [0.15, 0.2) is 11.5 Å². The number of hydrogen-bond acceptors (Lipinski definition) is 5. The Bertz CT molecular complexity index is 1200. The number of rotatable bonds is 8. The molecule has 6 nitrogen and oxygen atoms in total. The maximum atomic E-state index is 13.5. The van der Waals surface area contributed by atoms with Crippen molar-refractivity contribution in [1.29, 1.82) is 0 Å². The fourth-order valence-electron chi connectivity index (χ4n) is 4.12. The minimum Gasteiger partial charge on any atom is -0.490 e. The summed E-state index contributed by atoms with van der Waals surface area (Å²) in [5.41, 5.74) is 1.04. The predicted molar refractivity (Wildman–Crippen MR) is 129 cm³/mol. The molecule has 0 saturated carbocycles. The minimum atomic E-state index is -4.51. The average Bonchev–Trinajstić information content (AvgIpc) is 3.14. The van der Waals surface area contributed by atoms with Crippen molar-refractivity contribution in [2.24, 2.45) is 0 Å². The summed E-state index contributed by atoms with van der Waals surface area (Å²) in [6, 6.07) is 12.3. The molecule has 2 heterocycles. The molecule has 0 bridgehead atoms. The number of ether oxygens (including phenoxy) is 2. The van der Waals surface area contributed by atoms with Crippen molar-refractivity contribution in [2.75, 3.05) is 20.3 Å². The van der Waals surface area contributed by atoms with Crippen LogP contribution in [-0.4, -0.2) is 31.2 Å². The second kappa shape index (κ2) is 11.6. The third kappa shape index (κ3) is 6.76. The first-order valence-corrected chi connectivity index (χ1v) is 11.9. The number of fused-ring (bicyclic) bond motifs is 1. The lowest BCUT2D eigenvalue weighted by molar-refractivity contribution is -0.141. The molecule has 1 unspecified atom stereocenters. The van der Waals surface area contributed by atoms with Crippen LogP contribution >= 0.6 is 0 Å². The van der Waals surface area contributed by atoms with Crippen LogP contribution in [0.15, 0.2) is 60.8 Å². The Morgan fingerprint density at radius 3 is 2.35 bits per heavy atom. The number of alkyl halides is 3. The minimum absolute atomic E-state index is 0.317. The normalized spacial score (nSPS) is 14.9. The van der Waals surface area contributed by atoms with Gasteiger partial charge in [0.25, 0.3) is 0 Å². The Morgan fingerprint density at radius 1 is 1.00 bits per heavy atom. The topological polar surface area (TPSA) is 72.5 Å². The van der Waals surface area contributed by atoms with E-state index in [-0.39, 0.29) is 5.91 Å². The van der Waals surface area contributed by atoms with Crippen LogP contribution in [0.2, 0.25) is 0 Å². The van der Waals surface area contributed by atoms with Crippen LogP contribution < -0.4 is 20.1 Å². The number of halogens is 4. The number of aromatic nitrogens is 1. The molecule has 37 heavy (non-hydrogen) atoms. The van der Waals surface area contributed by atoms with Crippen molar-refractivity contribution < 1.29 is 31.8 Å². The van der Waals surface area contributed by atoms with Gasteiger partial charge in [0.2, 0.25) is 5.91 Å². The number of hydrogen-bond donors (Lipinski definition) is 2. The number of likely N-dealkylation sites (N-methyl/N-ethyl adjacent to an activating group) is 1. The van der Waals surface area contributed by atoms with Crippen molar-refractivity contribution in [3.05, 3.63) is 89.0 Å². The lowest BCUT2D eigenvalue weighted by Crippen LogP contribution is -2.38. The van der Waals surface area contributed by atoms with E-state index in [4.69, 9.17) is 9.47 Å². The zero-order chi connectivity index (χ0) is 26.4. The molecule has 1 aromatic heterocycles. The average molecular weight is 518 g/mol. The summed E-state index contributed by atoms with van der Waals surface area (Å²) in [6.45, 7) is 1.04. The molecule has 2 N–H and O–H groups in total. The third-order valence-electron chi connectivity index (χ3n) is 6.09. The van der Waals surface area contributed by atoms with Crippen LogP contribution in [0.1, 0.15) is 47.3 Å². The van der Waals surface area contributed by atoms with Gasteiger partial charge in [-0.2, -0.15) is 13.2 Å². The number of nitrogens with one attached hydrogen (secondary N) is 2. The van der Waals surface area contributed by atoms with Gasteiger partial charge < -0.3 is 14.8 Å². The van der Waals surface area contributed by atoms with Crippen molar-refractivity contribution in [2.45, 2.75) is 37.5 Å². The van der Waals surface area contributed by atoms with Gasteiger partial charge in [0, 0.05) is 25.7 Å². The summed E-state index contributed by atoms with van der Waals surface area (Å²) in [5.74, 6) is 0.459. The van der Waals surface area contributed by atoms with E-state index in [1.54, 1.807) is 6.07 Å². The van der Waals surface area contributed by atoms with Crippen LogP contribution in [-0.2, 0) is 17.4 Å². The van der Waals surface area contributed by atoms with E-state index < -0.39 is 29.8 Å². The van der Waals surface area contributed by atoms with Gasteiger partial charge in [-0.1, -0.05) is 24.3 Å². The molecule has 0 saturated heterocycles. The van der Waals surface area contributed by atoms with Crippen LogP contribution in [0.5, 0.6) is 11.5 Å². The number of amides is 1. The largest absolute Gasteiger partial charge is 0.490 e. The summed E-state index contributed by atoms with van der Waals surface area (Å²) >= 11 is 0. The zero-order valence-electron chi connectivity index (χ0n) is 20.1. The number of nitrogens with zero attached hydrogens (tertiary/aromatic N) is 1. The molecule has 2 atom stereocenters. The fourth-order valence-corrected chi connectivity index (χ4v) is 4.12. The van der Waals surface area contributed by atoms with Gasteiger partial charge in [0.05, 0.1) is 13.2 Å². The first-order valence-electron chi connectivity index (χ1n) is 11.9. The van der Waals surface area contributed by atoms with Gasteiger partial charge in [-0.15, -0.1) is 0 Å².